The molecule has 1 aromatic carbocycles. The molecule has 1 amide bonds. The monoisotopic (exact) mass is 415 g/mol. The molecule has 2 aromatic rings. The number of amides is 1. The summed E-state index contributed by atoms with van der Waals surface area (Å²) in [4.78, 5) is 25.8. The Morgan fingerprint density at radius 3 is 2.55 bits per heavy atom. The first-order valence-electron chi connectivity index (χ1n) is 10.1. The topological polar surface area (TPSA) is 70.6 Å². The second-order valence-electron chi connectivity index (χ2n) is 7.45. The molecule has 29 heavy (non-hydrogen) atoms. The third-order valence-corrected chi connectivity index (χ3v) is 5.35. The Morgan fingerprint density at radius 2 is 1.90 bits per heavy atom. The van der Waals surface area contributed by atoms with E-state index in [-0.39, 0.29) is 5.91 Å². The quantitative estimate of drug-likeness (QED) is 0.700. The van der Waals surface area contributed by atoms with Gasteiger partial charge in [-0.1, -0.05) is 11.6 Å². The summed E-state index contributed by atoms with van der Waals surface area (Å²) in [7, 11) is 0. The zero-order valence-corrected chi connectivity index (χ0v) is 17.4. The van der Waals surface area contributed by atoms with E-state index in [2.05, 4.69) is 20.1 Å². The molecule has 7 nitrogen and oxygen atoms in total. The molecule has 0 atom stereocenters. The molecule has 1 saturated carbocycles. The predicted molar refractivity (Wildman–Crippen MR) is 114 cm³/mol. The lowest BCUT2D eigenvalue weighted by Crippen LogP contribution is -2.49. The Balaban J connectivity index is 1.27. The first kappa shape index (κ1) is 19.9. The standard InChI is InChI=1S/C21H26ClN5O2/c1-2-29-17-7-5-16(6-8-17)23-20(28)14-26-9-11-27(12-10-26)19-13-18(22)24-21(25-19)15-3-4-15/h5-8,13,15H,2-4,9-12,14H2,1H3,(H,23,28). The molecule has 1 aliphatic heterocycles. The van der Waals surface area contributed by atoms with Crippen LogP contribution >= 0.6 is 11.6 Å². The van der Waals surface area contributed by atoms with Gasteiger partial charge in [0.1, 0.15) is 22.5 Å². The number of nitrogens with one attached hydrogen (secondary N) is 1. The Hall–Kier alpha value is -2.38. The molecule has 1 aromatic heterocycles. The average molecular weight is 416 g/mol. The molecular weight excluding hydrogens is 390 g/mol. The normalized spacial score (nSPS) is 17.2. The van der Waals surface area contributed by atoms with Crippen LogP contribution < -0.4 is 15.0 Å². The Labute approximate surface area is 176 Å². The molecular formula is C21H26ClN5O2. The van der Waals surface area contributed by atoms with E-state index < -0.39 is 0 Å². The van der Waals surface area contributed by atoms with Crippen LogP contribution in [0.4, 0.5) is 11.5 Å². The highest BCUT2D eigenvalue weighted by Crippen LogP contribution is 2.39. The van der Waals surface area contributed by atoms with Gasteiger partial charge in [0.2, 0.25) is 5.91 Å². The minimum absolute atomic E-state index is 0.0105. The first-order valence-corrected chi connectivity index (χ1v) is 10.5. The van der Waals surface area contributed by atoms with Crippen molar-refractivity contribution in [2.75, 3.05) is 49.5 Å². The van der Waals surface area contributed by atoms with Gasteiger partial charge in [0.25, 0.3) is 0 Å². The number of hydrogen-bond acceptors (Lipinski definition) is 6. The van der Waals surface area contributed by atoms with Gasteiger partial charge in [-0.15, -0.1) is 0 Å². The number of carbonyl (C=O) groups excluding carboxylic acids is 1. The fourth-order valence-corrected chi connectivity index (χ4v) is 3.63. The summed E-state index contributed by atoms with van der Waals surface area (Å²) in [6.07, 6.45) is 2.30. The van der Waals surface area contributed by atoms with Crippen molar-refractivity contribution in [2.24, 2.45) is 0 Å². The van der Waals surface area contributed by atoms with E-state index in [0.29, 0.717) is 24.2 Å². The molecule has 2 heterocycles. The van der Waals surface area contributed by atoms with E-state index in [1.807, 2.05) is 37.3 Å². The number of anilines is 2. The average Bonchev–Trinajstić information content (AvgIpc) is 3.55. The van der Waals surface area contributed by atoms with Crippen molar-refractivity contribution >= 4 is 29.0 Å². The largest absolute Gasteiger partial charge is 0.494 e. The lowest BCUT2D eigenvalue weighted by molar-refractivity contribution is -0.117. The van der Waals surface area contributed by atoms with Crippen molar-refractivity contribution in [3.8, 4) is 5.75 Å². The molecule has 0 radical (unpaired) electrons. The van der Waals surface area contributed by atoms with Crippen LogP contribution in [0.2, 0.25) is 5.15 Å². The highest BCUT2D eigenvalue weighted by atomic mass is 35.5. The number of halogens is 1. The zero-order chi connectivity index (χ0) is 20.2. The van der Waals surface area contributed by atoms with Gasteiger partial charge in [-0.05, 0) is 44.0 Å². The van der Waals surface area contributed by atoms with E-state index in [4.69, 9.17) is 21.3 Å². The van der Waals surface area contributed by atoms with Crippen molar-refractivity contribution in [1.82, 2.24) is 14.9 Å². The minimum Gasteiger partial charge on any atom is -0.494 e. The molecule has 4 rings (SSSR count). The van der Waals surface area contributed by atoms with Crippen molar-refractivity contribution in [3.63, 3.8) is 0 Å². The lowest BCUT2D eigenvalue weighted by Gasteiger charge is -2.35. The van der Waals surface area contributed by atoms with Gasteiger partial charge in [0.15, 0.2) is 0 Å². The maximum absolute atomic E-state index is 12.4. The molecule has 0 spiro atoms. The van der Waals surface area contributed by atoms with E-state index in [1.165, 1.54) is 0 Å². The maximum atomic E-state index is 12.4. The van der Waals surface area contributed by atoms with Crippen LogP contribution in [0.15, 0.2) is 30.3 Å². The van der Waals surface area contributed by atoms with E-state index in [0.717, 1.165) is 62.1 Å². The van der Waals surface area contributed by atoms with Gasteiger partial charge in [-0.25, -0.2) is 9.97 Å². The molecule has 2 aliphatic rings. The van der Waals surface area contributed by atoms with Crippen molar-refractivity contribution in [2.45, 2.75) is 25.7 Å². The van der Waals surface area contributed by atoms with Crippen molar-refractivity contribution in [3.05, 3.63) is 41.3 Å². The van der Waals surface area contributed by atoms with Gasteiger partial charge in [0.05, 0.1) is 13.2 Å². The molecule has 8 heteroatoms. The second-order valence-corrected chi connectivity index (χ2v) is 7.84. The van der Waals surface area contributed by atoms with Crippen LogP contribution in [-0.4, -0.2) is 60.1 Å². The number of hydrogen-bond donors (Lipinski definition) is 1. The summed E-state index contributed by atoms with van der Waals surface area (Å²) in [5.74, 6) is 3.02. The number of carbonyl (C=O) groups is 1. The van der Waals surface area contributed by atoms with Crippen LogP contribution in [0.3, 0.4) is 0 Å². The van der Waals surface area contributed by atoms with E-state index in [1.54, 1.807) is 0 Å². The van der Waals surface area contributed by atoms with Crippen molar-refractivity contribution in [1.29, 1.82) is 0 Å². The fourth-order valence-electron chi connectivity index (χ4n) is 3.45. The van der Waals surface area contributed by atoms with E-state index in [9.17, 15) is 4.79 Å². The third kappa shape index (κ3) is 5.36. The number of aromatic nitrogens is 2. The van der Waals surface area contributed by atoms with Crippen LogP contribution in [-0.2, 0) is 4.79 Å². The fraction of sp³-hybridized carbons (Fsp3) is 0.476. The van der Waals surface area contributed by atoms with Gasteiger partial charge < -0.3 is 15.0 Å². The zero-order valence-electron chi connectivity index (χ0n) is 16.6. The van der Waals surface area contributed by atoms with Gasteiger partial charge >= 0.3 is 0 Å². The van der Waals surface area contributed by atoms with Crippen molar-refractivity contribution < 1.29 is 9.53 Å². The van der Waals surface area contributed by atoms with Crippen LogP contribution in [0.1, 0.15) is 31.5 Å². The highest BCUT2D eigenvalue weighted by molar-refractivity contribution is 6.29. The van der Waals surface area contributed by atoms with Gasteiger partial charge in [-0.2, -0.15) is 0 Å². The SMILES string of the molecule is CCOc1ccc(NC(=O)CN2CCN(c3cc(Cl)nc(C4CC4)n3)CC2)cc1. The molecule has 2 fully saturated rings. The second kappa shape index (κ2) is 8.97. The molecule has 1 saturated heterocycles. The molecule has 1 aliphatic carbocycles. The highest BCUT2D eigenvalue weighted by Gasteiger charge is 2.28. The minimum atomic E-state index is -0.0105. The number of ether oxygens (including phenoxy) is 1. The maximum Gasteiger partial charge on any atom is 0.238 e. The predicted octanol–water partition coefficient (Wildman–Crippen LogP) is 3.17. The number of benzene rings is 1. The molecule has 154 valence electrons. The Bertz CT molecular complexity index is 849. The summed E-state index contributed by atoms with van der Waals surface area (Å²) in [5.41, 5.74) is 0.778. The summed E-state index contributed by atoms with van der Waals surface area (Å²) in [5, 5.41) is 3.46. The van der Waals surface area contributed by atoms with Crippen LogP contribution in [0.5, 0.6) is 5.75 Å². The summed E-state index contributed by atoms with van der Waals surface area (Å²) in [6.45, 7) is 6.18. The molecule has 0 bridgehead atoms. The van der Waals surface area contributed by atoms with Gasteiger partial charge in [-0.3, -0.25) is 9.69 Å². The molecule has 1 N–H and O–H groups in total. The molecule has 0 unspecified atom stereocenters. The summed E-state index contributed by atoms with van der Waals surface area (Å²) in [6, 6.07) is 9.28. The Morgan fingerprint density at radius 1 is 1.17 bits per heavy atom. The Kier molecular flexibility index (Phi) is 6.16. The smallest absolute Gasteiger partial charge is 0.238 e. The number of nitrogens with zero attached hydrogens (tertiary/aromatic N) is 4. The van der Waals surface area contributed by atoms with Crippen LogP contribution in [0.25, 0.3) is 0 Å². The number of piperazine rings is 1. The first-order chi connectivity index (χ1) is 14.1. The van der Waals surface area contributed by atoms with Gasteiger partial charge in [0, 0.05) is 43.9 Å². The lowest BCUT2D eigenvalue weighted by atomic mass is 10.2. The summed E-state index contributed by atoms with van der Waals surface area (Å²) >= 11 is 6.19. The van der Waals surface area contributed by atoms with Crippen LogP contribution in [0, 0.1) is 0 Å². The number of rotatable bonds is 7. The summed E-state index contributed by atoms with van der Waals surface area (Å²) < 4.78 is 5.42. The third-order valence-electron chi connectivity index (χ3n) is 5.15. The van der Waals surface area contributed by atoms with E-state index >= 15 is 0 Å².